The van der Waals surface area contributed by atoms with Crippen LogP contribution in [0, 0.1) is 0 Å². The highest BCUT2D eigenvalue weighted by Gasteiger charge is 1.95. The van der Waals surface area contributed by atoms with Crippen LogP contribution in [0.3, 0.4) is 0 Å². The summed E-state index contributed by atoms with van der Waals surface area (Å²) >= 11 is 0. The highest BCUT2D eigenvalue weighted by molar-refractivity contribution is 5.40. The fourth-order valence-corrected chi connectivity index (χ4v) is 1.39. The normalized spacial score (nSPS) is 10.5. The van der Waals surface area contributed by atoms with Gasteiger partial charge < -0.3 is 4.74 Å². The minimum Gasteiger partial charge on any atom is -0.493 e. The zero-order valence-electron chi connectivity index (χ0n) is 9.91. The molecule has 0 heterocycles. The first-order valence-corrected chi connectivity index (χ1v) is 5.45. The standard InChI is InChI=1S/C14H12N2O2/c1-18-14-10-8-12(7-9-13(14)17)16-15-11-5-3-2-4-6-11/h2-10H,1H3. The van der Waals surface area contributed by atoms with E-state index >= 15 is 0 Å². The van der Waals surface area contributed by atoms with Gasteiger partial charge in [-0.2, -0.15) is 10.2 Å². The average Bonchev–Trinajstić information content (AvgIpc) is 2.59. The van der Waals surface area contributed by atoms with Crippen molar-refractivity contribution >= 4 is 11.4 Å². The molecule has 0 unspecified atom stereocenters. The van der Waals surface area contributed by atoms with Gasteiger partial charge >= 0.3 is 0 Å². The monoisotopic (exact) mass is 240 g/mol. The molecule has 0 aromatic heterocycles. The van der Waals surface area contributed by atoms with E-state index in [1.54, 1.807) is 18.2 Å². The summed E-state index contributed by atoms with van der Waals surface area (Å²) in [6, 6.07) is 15.7. The molecule has 2 aromatic rings. The van der Waals surface area contributed by atoms with Crippen molar-refractivity contribution in [3.05, 3.63) is 64.8 Å². The number of hydrogen-bond donors (Lipinski definition) is 0. The fourth-order valence-electron chi connectivity index (χ4n) is 1.39. The van der Waals surface area contributed by atoms with E-state index in [0.717, 1.165) is 5.69 Å². The topological polar surface area (TPSA) is 51.0 Å². The lowest BCUT2D eigenvalue weighted by molar-refractivity contribution is 0.411. The summed E-state index contributed by atoms with van der Waals surface area (Å²) in [5.74, 6) is 0.288. The summed E-state index contributed by atoms with van der Waals surface area (Å²) in [7, 11) is 1.46. The summed E-state index contributed by atoms with van der Waals surface area (Å²) in [6.07, 6.45) is 0. The second-order valence-corrected chi connectivity index (χ2v) is 3.56. The van der Waals surface area contributed by atoms with Crippen LogP contribution in [0.5, 0.6) is 5.75 Å². The molecule has 2 aromatic carbocycles. The van der Waals surface area contributed by atoms with Gasteiger partial charge in [0.05, 0.1) is 18.5 Å². The molecule has 0 saturated carbocycles. The Bertz CT molecular complexity index is 610. The van der Waals surface area contributed by atoms with Gasteiger partial charge in [-0.05, 0) is 36.4 Å². The Hall–Kier alpha value is -2.49. The lowest BCUT2D eigenvalue weighted by Crippen LogP contribution is -1.98. The molecule has 0 amide bonds. The summed E-state index contributed by atoms with van der Waals surface area (Å²) in [5.41, 5.74) is 1.18. The lowest BCUT2D eigenvalue weighted by atomic mass is 10.3. The second-order valence-electron chi connectivity index (χ2n) is 3.56. The number of hydrogen-bond acceptors (Lipinski definition) is 4. The highest BCUT2D eigenvalue weighted by atomic mass is 16.5. The third-order valence-electron chi connectivity index (χ3n) is 2.31. The molecule has 0 fully saturated rings. The molecule has 0 aliphatic rings. The molecule has 18 heavy (non-hydrogen) atoms. The van der Waals surface area contributed by atoms with Crippen molar-refractivity contribution in [2.24, 2.45) is 10.2 Å². The maximum Gasteiger partial charge on any atom is 0.220 e. The van der Waals surface area contributed by atoms with Gasteiger partial charge in [-0.1, -0.05) is 18.2 Å². The highest BCUT2D eigenvalue weighted by Crippen LogP contribution is 2.17. The molecule has 0 N–H and O–H groups in total. The van der Waals surface area contributed by atoms with Gasteiger partial charge in [0.1, 0.15) is 0 Å². The minimum atomic E-state index is -0.182. The van der Waals surface area contributed by atoms with Crippen molar-refractivity contribution in [1.29, 1.82) is 0 Å². The zero-order valence-corrected chi connectivity index (χ0v) is 9.91. The van der Waals surface area contributed by atoms with Gasteiger partial charge in [-0.25, -0.2) is 0 Å². The first-order valence-electron chi connectivity index (χ1n) is 5.45. The molecular formula is C14H12N2O2. The quantitative estimate of drug-likeness (QED) is 0.771. The molecular weight excluding hydrogens is 228 g/mol. The van der Waals surface area contributed by atoms with Crippen molar-refractivity contribution in [2.45, 2.75) is 0 Å². The molecule has 0 atom stereocenters. The summed E-state index contributed by atoms with van der Waals surface area (Å²) in [4.78, 5) is 11.5. The predicted octanol–water partition coefficient (Wildman–Crippen LogP) is 3.47. The molecule has 0 aliphatic carbocycles. The van der Waals surface area contributed by atoms with Crippen LogP contribution in [0.25, 0.3) is 0 Å². The molecule has 90 valence electrons. The number of nitrogens with zero attached hydrogens (tertiary/aromatic N) is 2. The Morgan fingerprint density at radius 1 is 0.833 bits per heavy atom. The molecule has 0 radical (unpaired) electrons. The smallest absolute Gasteiger partial charge is 0.220 e. The van der Waals surface area contributed by atoms with Crippen LogP contribution in [-0.2, 0) is 0 Å². The van der Waals surface area contributed by atoms with Gasteiger partial charge in [-0.3, -0.25) is 4.79 Å². The van der Waals surface area contributed by atoms with Crippen LogP contribution in [0.15, 0.2) is 69.6 Å². The van der Waals surface area contributed by atoms with Crippen molar-refractivity contribution in [2.75, 3.05) is 7.11 Å². The van der Waals surface area contributed by atoms with Gasteiger partial charge in [0.15, 0.2) is 5.75 Å². The Morgan fingerprint density at radius 3 is 2.11 bits per heavy atom. The van der Waals surface area contributed by atoms with E-state index in [-0.39, 0.29) is 11.2 Å². The fraction of sp³-hybridized carbons (Fsp3) is 0.0714. The Morgan fingerprint density at radius 2 is 1.44 bits per heavy atom. The maximum atomic E-state index is 11.5. The third kappa shape index (κ3) is 3.01. The van der Waals surface area contributed by atoms with Crippen LogP contribution >= 0.6 is 0 Å². The van der Waals surface area contributed by atoms with Gasteiger partial charge in [-0.15, -0.1) is 0 Å². The molecule has 0 aliphatic heterocycles. The Balaban J connectivity index is 2.28. The molecule has 4 nitrogen and oxygen atoms in total. The predicted molar refractivity (Wildman–Crippen MR) is 69.9 cm³/mol. The first kappa shape index (κ1) is 12.0. The number of rotatable bonds is 3. The SMILES string of the molecule is COc1ccc(N=Nc2ccccc2)ccc1=O. The molecule has 4 heteroatoms. The van der Waals surface area contributed by atoms with E-state index in [4.69, 9.17) is 4.74 Å². The number of benzene rings is 1. The largest absolute Gasteiger partial charge is 0.493 e. The number of azo groups is 1. The summed E-state index contributed by atoms with van der Waals surface area (Å²) in [6.45, 7) is 0. The van der Waals surface area contributed by atoms with Crippen LogP contribution in [0.4, 0.5) is 11.4 Å². The zero-order chi connectivity index (χ0) is 12.8. The van der Waals surface area contributed by atoms with Crippen LogP contribution in [0.2, 0.25) is 0 Å². The van der Waals surface area contributed by atoms with E-state index in [9.17, 15) is 4.79 Å². The van der Waals surface area contributed by atoms with Crippen molar-refractivity contribution in [3.63, 3.8) is 0 Å². The second kappa shape index (κ2) is 5.72. The van der Waals surface area contributed by atoms with Crippen molar-refractivity contribution in [3.8, 4) is 5.75 Å². The molecule has 2 rings (SSSR count). The van der Waals surface area contributed by atoms with E-state index in [2.05, 4.69) is 10.2 Å². The van der Waals surface area contributed by atoms with Crippen molar-refractivity contribution < 1.29 is 4.74 Å². The average molecular weight is 240 g/mol. The summed E-state index contributed by atoms with van der Waals surface area (Å²) < 4.78 is 4.94. The van der Waals surface area contributed by atoms with E-state index in [1.165, 1.54) is 13.2 Å². The van der Waals surface area contributed by atoms with E-state index in [0.29, 0.717) is 5.69 Å². The van der Waals surface area contributed by atoms with E-state index in [1.807, 2.05) is 30.3 Å². The third-order valence-corrected chi connectivity index (χ3v) is 2.31. The molecule has 0 saturated heterocycles. The van der Waals surface area contributed by atoms with Crippen LogP contribution in [0.1, 0.15) is 0 Å². The van der Waals surface area contributed by atoms with E-state index < -0.39 is 0 Å². The number of ether oxygens (including phenoxy) is 1. The van der Waals surface area contributed by atoms with Gasteiger partial charge in [0, 0.05) is 0 Å². The lowest BCUT2D eigenvalue weighted by Gasteiger charge is -1.90. The first-order chi connectivity index (χ1) is 8.79. The molecule has 0 spiro atoms. The Labute approximate surface area is 105 Å². The van der Waals surface area contributed by atoms with Crippen LogP contribution in [-0.4, -0.2) is 7.11 Å². The van der Waals surface area contributed by atoms with Gasteiger partial charge in [0.25, 0.3) is 0 Å². The van der Waals surface area contributed by atoms with Crippen molar-refractivity contribution in [1.82, 2.24) is 0 Å². The Kier molecular flexibility index (Phi) is 3.81. The minimum absolute atomic E-state index is 0.182. The maximum absolute atomic E-state index is 11.5. The summed E-state index contributed by atoms with van der Waals surface area (Å²) in [5, 5.41) is 8.14. The molecule has 0 bridgehead atoms. The number of methoxy groups -OCH3 is 1. The van der Waals surface area contributed by atoms with Crippen LogP contribution < -0.4 is 10.2 Å². The van der Waals surface area contributed by atoms with Gasteiger partial charge in [0.2, 0.25) is 5.43 Å².